The Morgan fingerprint density at radius 3 is 2.36 bits per heavy atom. The fourth-order valence-corrected chi connectivity index (χ4v) is 3.34. The molecular formula is C6H3BrClNO4S. The van der Waals surface area contributed by atoms with Gasteiger partial charge in [-0.1, -0.05) is 6.07 Å². The Labute approximate surface area is 92.4 Å². The van der Waals surface area contributed by atoms with Crippen LogP contribution in [-0.4, -0.2) is 13.3 Å². The van der Waals surface area contributed by atoms with Crippen molar-refractivity contribution in [2.45, 2.75) is 4.90 Å². The summed E-state index contributed by atoms with van der Waals surface area (Å²) in [5, 5.41) is 10.5. The van der Waals surface area contributed by atoms with Crippen LogP contribution in [0.5, 0.6) is 0 Å². The van der Waals surface area contributed by atoms with E-state index in [1.165, 1.54) is 12.1 Å². The summed E-state index contributed by atoms with van der Waals surface area (Å²) in [4.78, 5) is 9.16. The maximum Gasteiger partial charge on any atom is 0.290 e. The van der Waals surface area contributed by atoms with E-state index in [0.29, 0.717) is 0 Å². The van der Waals surface area contributed by atoms with Crippen molar-refractivity contribution in [3.05, 3.63) is 32.8 Å². The quantitative estimate of drug-likeness (QED) is 0.477. The van der Waals surface area contributed by atoms with Gasteiger partial charge in [-0.3, -0.25) is 10.1 Å². The third-order valence-electron chi connectivity index (χ3n) is 1.39. The number of benzene rings is 1. The molecule has 0 saturated heterocycles. The van der Waals surface area contributed by atoms with E-state index in [9.17, 15) is 18.5 Å². The zero-order valence-electron chi connectivity index (χ0n) is 6.48. The van der Waals surface area contributed by atoms with Crippen LogP contribution in [-0.2, 0) is 9.05 Å². The van der Waals surface area contributed by atoms with Gasteiger partial charge in [0.05, 0.1) is 4.92 Å². The second kappa shape index (κ2) is 3.84. The molecule has 0 bridgehead atoms. The average Bonchev–Trinajstić information content (AvgIpc) is 2.01. The zero-order chi connectivity index (χ0) is 10.9. The van der Waals surface area contributed by atoms with Crippen LogP contribution >= 0.6 is 26.6 Å². The Kier molecular flexibility index (Phi) is 3.13. The fourth-order valence-electron chi connectivity index (χ4n) is 0.883. The molecule has 0 fully saturated rings. The van der Waals surface area contributed by atoms with Gasteiger partial charge in [-0.05, 0) is 22.0 Å². The maximum atomic E-state index is 11.0. The molecule has 0 spiro atoms. The summed E-state index contributed by atoms with van der Waals surface area (Å²) in [7, 11) is 0.925. The van der Waals surface area contributed by atoms with Crippen LogP contribution in [0.2, 0.25) is 0 Å². The van der Waals surface area contributed by atoms with Crippen LogP contribution < -0.4 is 0 Å². The molecule has 0 radical (unpaired) electrons. The monoisotopic (exact) mass is 299 g/mol. The maximum absolute atomic E-state index is 11.0. The molecule has 0 N–H and O–H groups in total. The first-order valence-electron chi connectivity index (χ1n) is 3.21. The molecule has 0 unspecified atom stereocenters. The topological polar surface area (TPSA) is 77.3 Å². The van der Waals surface area contributed by atoms with Crippen LogP contribution in [0.15, 0.2) is 27.6 Å². The highest BCUT2D eigenvalue weighted by Crippen LogP contribution is 2.33. The minimum Gasteiger partial charge on any atom is -0.258 e. The van der Waals surface area contributed by atoms with Crippen molar-refractivity contribution in [1.82, 2.24) is 0 Å². The Bertz CT molecular complexity index is 487. The molecule has 1 rings (SSSR count). The molecule has 0 atom stereocenters. The lowest BCUT2D eigenvalue weighted by atomic mass is 10.3. The lowest BCUT2D eigenvalue weighted by Crippen LogP contribution is -1.99. The summed E-state index contributed by atoms with van der Waals surface area (Å²) >= 11 is 2.88. The van der Waals surface area contributed by atoms with E-state index in [-0.39, 0.29) is 4.47 Å². The highest BCUT2D eigenvalue weighted by molar-refractivity contribution is 9.10. The fraction of sp³-hybridized carbons (Fsp3) is 0. The highest BCUT2D eigenvalue weighted by atomic mass is 79.9. The molecule has 76 valence electrons. The summed E-state index contributed by atoms with van der Waals surface area (Å²) < 4.78 is 22.1. The molecule has 0 aliphatic heterocycles. The van der Waals surface area contributed by atoms with Gasteiger partial charge in [0.25, 0.3) is 14.7 Å². The first-order chi connectivity index (χ1) is 6.34. The number of hydrogen-bond donors (Lipinski definition) is 0. The number of nitro groups is 1. The van der Waals surface area contributed by atoms with Crippen molar-refractivity contribution in [3.63, 3.8) is 0 Å². The van der Waals surface area contributed by atoms with E-state index in [1.807, 2.05) is 0 Å². The number of nitrogens with zero attached hydrogens (tertiary/aromatic N) is 1. The summed E-state index contributed by atoms with van der Waals surface area (Å²) in [5.41, 5.74) is -0.547. The number of hydrogen-bond acceptors (Lipinski definition) is 4. The third kappa shape index (κ3) is 2.23. The van der Waals surface area contributed by atoms with Crippen molar-refractivity contribution in [2.24, 2.45) is 0 Å². The van der Waals surface area contributed by atoms with Gasteiger partial charge in [-0.25, -0.2) is 8.42 Å². The number of nitro benzene ring substituents is 1. The van der Waals surface area contributed by atoms with Crippen molar-refractivity contribution >= 4 is 41.4 Å². The van der Waals surface area contributed by atoms with Gasteiger partial charge < -0.3 is 0 Å². The largest absolute Gasteiger partial charge is 0.290 e. The van der Waals surface area contributed by atoms with Gasteiger partial charge in [-0.15, -0.1) is 0 Å². The average molecular weight is 301 g/mol. The predicted molar refractivity (Wildman–Crippen MR) is 53.8 cm³/mol. The van der Waals surface area contributed by atoms with Gasteiger partial charge in [0, 0.05) is 21.2 Å². The minimum atomic E-state index is -4.13. The Morgan fingerprint density at radius 2 is 2.00 bits per heavy atom. The molecule has 5 nitrogen and oxygen atoms in total. The van der Waals surface area contributed by atoms with Gasteiger partial charge in [0.15, 0.2) is 4.90 Å². The van der Waals surface area contributed by atoms with Crippen molar-refractivity contribution in [1.29, 1.82) is 0 Å². The zero-order valence-corrected chi connectivity index (χ0v) is 9.63. The normalized spacial score (nSPS) is 11.3. The third-order valence-corrected chi connectivity index (χ3v) is 3.69. The van der Waals surface area contributed by atoms with E-state index in [0.717, 1.165) is 6.07 Å². The molecule has 0 aliphatic carbocycles. The van der Waals surface area contributed by atoms with Crippen LogP contribution in [0.25, 0.3) is 0 Å². The van der Waals surface area contributed by atoms with E-state index < -0.39 is 24.6 Å². The van der Waals surface area contributed by atoms with E-state index in [2.05, 4.69) is 15.9 Å². The molecule has 0 saturated carbocycles. The Hall–Kier alpha value is -0.660. The van der Waals surface area contributed by atoms with Gasteiger partial charge in [0.1, 0.15) is 0 Å². The second-order valence-electron chi connectivity index (χ2n) is 2.28. The summed E-state index contributed by atoms with van der Waals surface area (Å²) in [5.74, 6) is 0. The van der Waals surface area contributed by atoms with Crippen LogP contribution in [0, 0.1) is 10.1 Å². The molecule has 14 heavy (non-hydrogen) atoms. The van der Waals surface area contributed by atoms with Crippen molar-refractivity contribution < 1.29 is 13.3 Å². The number of rotatable bonds is 2. The SMILES string of the molecule is O=[N+]([O-])c1cccc(Br)c1S(=O)(=O)Cl. The van der Waals surface area contributed by atoms with Gasteiger partial charge >= 0.3 is 0 Å². The Morgan fingerprint density at radius 1 is 1.43 bits per heavy atom. The lowest BCUT2D eigenvalue weighted by Gasteiger charge is -2.00. The number of halogens is 2. The summed E-state index contributed by atoms with van der Waals surface area (Å²) in [6, 6.07) is 3.79. The first-order valence-corrected chi connectivity index (χ1v) is 6.32. The standard InChI is InChI=1S/C6H3BrClNO4S/c7-4-2-1-3-5(9(10)11)6(4)14(8,12)13/h1-3H. The van der Waals surface area contributed by atoms with E-state index in [1.54, 1.807) is 0 Å². The van der Waals surface area contributed by atoms with E-state index in [4.69, 9.17) is 10.7 Å². The molecular weight excluding hydrogens is 297 g/mol. The first kappa shape index (κ1) is 11.4. The van der Waals surface area contributed by atoms with Crippen molar-refractivity contribution in [2.75, 3.05) is 0 Å². The molecule has 0 heterocycles. The summed E-state index contributed by atoms with van der Waals surface area (Å²) in [6.07, 6.45) is 0. The molecule has 0 aromatic heterocycles. The van der Waals surface area contributed by atoms with Crippen LogP contribution in [0.3, 0.4) is 0 Å². The highest BCUT2D eigenvalue weighted by Gasteiger charge is 2.26. The second-order valence-corrected chi connectivity index (χ2v) is 5.64. The lowest BCUT2D eigenvalue weighted by molar-refractivity contribution is -0.387. The predicted octanol–water partition coefficient (Wildman–Crippen LogP) is 2.28. The Balaban J connectivity index is 3.62. The molecule has 8 heteroatoms. The van der Waals surface area contributed by atoms with Gasteiger partial charge in [-0.2, -0.15) is 0 Å². The van der Waals surface area contributed by atoms with Crippen LogP contribution in [0.1, 0.15) is 0 Å². The minimum absolute atomic E-state index is 0.0710. The van der Waals surface area contributed by atoms with Crippen LogP contribution in [0.4, 0.5) is 5.69 Å². The molecule has 1 aromatic rings. The van der Waals surface area contributed by atoms with Crippen molar-refractivity contribution in [3.8, 4) is 0 Å². The summed E-state index contributed by atoms with van der Waals surface area (Å²) in [6.45, 7) is 0. The van der Waals surface area contributed by atoms with Gasteiger partial charge in [0.2, 0.25) is 0 Å². The molecule has 1 aromatic carbocycles. The smallest absolute Gasteiger partial charge is 0.258 e. The van der Waals surface area contributed by atoms with E-state index >= 15 is 0 Å². The molecule has 0 amide bonds. The molecule has 0 aliphatic rings.